The minimum Gasteiger partial charge on any atom is -0.369 e. The molecule has 0 heterocycles. The topological polar surface area (TPSA) is 43.1 Å². The van der Waals surface area contributed by atoms with Gasteiger partial charge in [0, 0.05) is 5.92 Å². The molecule has 0 saturated heterocycles. The van der Waals surface area contributed by atoms with E-state index in [4.69, 9.17) is 5.73 Å². The number of hydrogen-bond acceptors (Lipinski definition) is 1. The number of allylic oxidation sites excluding steroid dienone is 2. The van der Waals surface area contributed by atoms with Crippen molar-refractivity contribution in [2.45, 2.75) is 245 Å². The Bertz CT molecular complexity index is 570. The molecule has 2 heteroatoms. The number of amides is 1. The minimum absolute atomic E-state index is 0.0562. The molecule has 0 aliphatic carbocycles. The highest BCUT2D eigenvalue weighted by molar-refractivity contribution is 5.76. The van der Waals surface area contributed by atoms with Gasteiger partial charge in [0.2, 0.25) is 5.91 Å². The first-order valence-electron chi connectivity index (χ1n) is 20.7. The summed E-state index contributed by atoms with van der Waals surface area (Å²) in [6, 6.07) is 0. The third-order valence-corrected chi connectivity index (χ3v) is 9.87. The highest BCUT2D eigenvalue weighted by Crippen LogP contribution is 2.20. The molecule has 0 aliphatic rings. The van der Waals surface area contributed by atoms with E-state index in [1.54, 1.807) is 0 Å². The van der Waals surface area contributed by atoms with Crippen LogP contribution in [0.5, 0.6) is 0 Å². The van der Waals surface area contributed by atoms with Crippen LogP contribution in [0.25, 0.3) is 0 Å². The molecule has 1 atom stereocenters. The third kappa shape index (κ3) is 35.7. The molecule has 1 amide bonds. The molecule has 1 unspecified atom stereocenters. The lowest BCUT2D eigenvalue weighted by Crippen LogP contribution is -2.23. The Kier molecular flexibility index (Phi) is 37.7. The molecular formula is C42H83NO. The quantitative estimate of drug-likeness (QED) is 0.0543. The fourth-order valence-corrected chi connectivity index (χ4v) is 6.71. The van der Waals surface area contributed by atoms with Crippen LogP contribution >= 0.6 is 0 Å². The Labute approximate surface area is 279 Å². The zero-order chi connectivity index (χ0) is 32.0. The summed E-state index contributed by atoms with van der Waals surface area (Å²) in [5.41, 5.74) is 5.75. The van der Waals surface area contributed by atoms with E-state index < -0.39 is 0 Å². The zero-order valence-electron chi connectivity index (χ0n) is 30.7. The number of carbonyl (C=O) groups is 1. The van der Waals surface area contributed by atoms with Crippen LogP contribution in [0, 0.1) is 5.92 Å². The SMILES string of the molecule is CCCCCCCC/C=C\CCCCCCCCCCCCC(CCCCCCCCCCCCCCCCCC)C(N)=O. The normalized spacial score (nSPS) is 12.4. The third-order valence-electron chi connectivity index (χ3n) is 9.87. The molecule has 0 fully saturated rings. The second kappa shape index (κ2) is 38.4. The van der Waals surface area contributed by atoms with E-state index in [0.717, 1.165) is 12.8 Å². The van der Waals surface area contributed by atoms with Gasteiger partial charge in [-0.25, -0.2) is 0 Å². The van der Waals surface area contributed by atoms with Gasteiger partial charge in [-0.3, -0.25) is 4.79 Å². The Morgan fingerprint density at radius 3 is 0.864 bits per heavy atom. The van der Waals surface area contributed by atoms with Crippen molar-refractivity contribution in [1.82, 2.24) is 0 Å². The summed E-state index contributed by atoms with van der Waals surface area (Å²) in [6.07, 6.45) is 53.7. The van der Waals surface area contributed by atoms with Gasteiger partial charge < -0.3 is 5.73 Å². The van der Waals surface area contributed by atoms with Gasteiger partial charge in [0.15, 0.2) is 0 Å². The lowest BCUT2D eigenvalue weighted by atomic mass is 9.93. The van der Waals surface area contributed by atoms with Gasteiger partial charge in [0.25, 0.3) is 0 Å². The lowest BCUT2D eigenvalue weighted by molar-refractivity contribution is -0.122. The van der Waals surface area contributed by atoms with Crippen molar-refractivity contribution in [3.8, 4) is 0 Å². The van der Waals surface area contributed by atoms with E-state index in [2.05, 4.69) is 26.0 Å². The van der Waals surface area contributed by atoms with Crippen LogP contribution in [0.4, 0.5) is 0 Å². The summed E-state index contributed by atoms with van der Waals surface area (Å²) in [7, 11) is 0. The average molecular weight is 618 g/mol. The van der Waals surface area contributed by atoms with E-state index in [-0.39, 0.29) is 11.8 Å². The molecule has 0 aromatic rings. The first-order valence-corrected chi connectivity index (χ1v) is 20.7. The Morgan fingerprint density at radius 2 is 0.614 bits per heavy atom. The van der Waals surface area contributed by atoms with E-state index in [1.807, 2.05) is 0 Å². The Hall–Kier alpha value is -0.790. The van der Waals surface area contributed by atoms with Gasteiger partial charge in [0.05, 0.1) is 0 Å². The van der Waals surface area contributed by atoms with Crippen LogP contribution < -0.4 is 5.73 Å². The maximum Gasteiger partial charge on any atom is 0.220 e. The molecule has 0 aliphatic heterocycles. The van der Waals surface area contributed by atoms with Gasteiger partial charge in [-0.1, -0.05) is 219 Å². The van der Waals surface area contributed by atoms with Crippen molar-refractivity contribution in [3.63, 3.8) is 0 Å². The second-order valence-corrected chi connectivity index (χ2v) is 14.3. The summed E-state index contributed by atoms with van der Waals surface area (Å²) < 4.78 is 0. The zero-order valence-corrected chi connectivity index (χ0v) is 30.7. The molecule has 0 aromatic heterocycles. The minimum atomic E-state index is -0.0562. The fourth-order valence-electron chi connectivity index (χ4n) is 6.71. The molecule has 0 rings (SSSR count). The maximum atomic E-state index is 11.9. The van der Waals surface area contributed by atoms with E-state index in [9.17, 15) is 4.79 Å². The summed E-state index contributed by atoms with van der Waals surface area (Å²) in [4.78, 5) is 11.9. The summed E-state index contributed by atoms with van der Waals surface area (Å²) in [5.74, 6) is 0.0614. The molecule has 0 radical (unpaired) electrons. The number of rotatable bonds is 38. The first-order chi connectivity index (χ1) is 21.7. The van der Waals surface area contributed by atoms with Crippen molar-refractivity contribution in [2.24, 2.45) is 11.7 Å². The molecule has 2 N–H and O–H groups in total. The van der Waals surface area contributed by atoms with Crippen molar-refractivity contribution in [2.75, 3.05) is 0 Å². The van der Waals surface area contributed by atoms with Crippen molar-refractivity contribution in [1.29, 1.82) is 0 Å². The summed E-state index contributed by atoms with van der Waals surface area (Å²) in [6.45, 7) is 4.58. The van der Waals surface area contributed by atoms with Crippen molar-refractivity contribution >= 4 is 5.91 Å². The van der Waals surface area contributed by atoms with Gasteiger partial charge in [-0.15, -0.1) is 0 Å². The predicted octanol–water partition coefficient (Wildman–Crippen LogP) is 14.7. The first kappa shape index (κ1) is 43.2. The molecule has 0 aromatic carbocycles. The molecule has 2 nitrogen and oxygen atoms in total. The molecule has 0 saturated carbocycles. The second-order valence-electron chi connectivity index (χ2n) is 14.3. The van der Waals surface area contributed by atoms with Crippen LogP contribution in [0.2, 0.25) is 0 Å². The van der Waals surface area contributed by atoms with Gasteiger partial charge in [-0.2, -0.15) is 0 Å². The number of carbonyl (C=O) groups excluding carboxylic acids is 1. The number of nitrogens with two attached hydrogens (primary N) is 1. The average Bonchev–Trinajstić information content (AvgIpc) is 3.02. The molecule has 262 valence electrons. The monoisotopic (exact) mass is 618 g/mol. The Morgan fingerprint density at radius 1 is 0.386 bits per heavy atom. The van der Waals surface area contributed by atoms with Gasteiger partial charge in [0.1, 0.15) is 0 Å². The van der Waals surface area contributed by atoms with Crippen LogP contribution in [-0.4, -0.2) is 5.91 Å². The highest BCUT2D eigenvalue weighted by atomic mass is 16.1. The van der Waals surface area contributed by atoms with Crippen LogP contribution in [0.15, 0.2) is 12.2 Å². The summed E-state index contributed by atoms with van der Waals surface area (Å²) in [5, 5.41) is 0. The smallest absolute Gasteiger partial charge is 0.220 e. The largest absolute Gasteiger partial charge is 0.369 e. The molecular weight excluding hydrogens is 534 g/mol. The van der Waals surface area contributed by atoms with Gasteiger partial charge >= 0.3 is 0 Å². The van der Waals surface area contributed by atoms with Crippen molar-refractivity contribution < 1.29 is 4.79 Å². The van der Waals surface area contributed by atoms with Crippen molar-refractivity contribution in [3.05, 3.63) is 12.2 Å². The number of unbranched alkanes of at least 4 members (excludes halogenated alkanes) is 31. The van der Waals surface area contributed by atoms with E-state index in [0.29, 0.717) is 0 Å². The molecule has 0 spiro atoms. The van der Waals surface area contributed by atoms with Crippen LogP contribution in [0.1, 0.15) is 245 Å². The standard InChI is InChI=1S/C42H83NO/c1-3-5-7-9-11-13-15-17-19-21-22-23-24-26-28-30-32-34-36-38-40-41(42(43)44)39-37-35-33-31-29-27-25-20-18-16-14-12-10-8-6-4-2/h17,19,41H,3-16,18,20-40H2,1-2H3,(H2,43,44)/b19-17-. The highest BCUT2D eigenvalue weighted by Gasteiger charge is 2.14. The predicted molar refractivity (Wildman–Crippen MR) is 199 cm³/mol. The number of primary amides is 1. The molecule has 0 bridgehead atoms. The lowest BCUT2D eigenvalue weighted by Gasteiger charge is -2.13. The van der Waals surface area contributed by atoms with Crippen LogP contribution in [0.3, 0.4) is 0 Å². The summed E-state index contributed by atoms with van der Waals surface area (Å²) >= 11 is 0. The molecule has 44 heavy (non-hydrogen) atoms. The van der Waals surface area contributed by atoms with Gasteiger partial charge in [-0.05, 0) is 38.5 Å². The van der Waals surface area contributed by atoms with E-state index in [1.165, 1.54) is 218 Å². The fraction of sp³-hybridized carbons (Fsp3) is 0.929. The van der Waals surface area contributed by atoms with E-state index >= 15 is 0 Å². The number of hydrogen-bond donors (Lipinski definition) is 1. The maximum absolute atomic E-state index is 11.9. The van der Waals surface area contributed by atoms with Crippen LogP contribution in [-0.2, 0) is 4.79 Å². The Balaban J connectivity index is 3.39.